The number of fused-ring (bicyclic) bond motifs is 1. The number of alkyl halides is 1. The minimum atomic E-state index is -0.338. The Balaban J connectivity index is 2.20. The molecule has 16 heavy (non-hydrogen) atoms. The van der Waals surface area contributed by atoms with Crippen molar-refractivity contribution in [2.75, 3.05) is 18.4 Å². The van der Waals surface area contributed by atoms with Gasteiger partial charge in [-0.05, 0) is 30.5 Å². The molecule has 0 aromatic heterocycles. The molecule has 0 spiro atoms. The number of rotatable bonds is 3. The van der Waals surface area contributed by atoms with Gasteiger partial charge in [-0.25, -0.2) is 4.39 Å². The summed E-state index contributed by atoms with van der Waals surface area (Å²) in [6.45, 7) is 1.48. The number of carbonyl (C=O) groups is 1. The van der Waals surface area contributed by atoms with Crippen LogP contribution in [-0.4, -0.2) is 29.2 Å². The van der Waals surface area contributed by atoms with Crippen LogP contribution in [0.1, 0.15) is 22.3 Å². The Morgan fingerprint density at radius 3 is 3.00 bits per heavy atom. The summed E-state index contributed by atoms with van der Waals surface area (Å²) in [7, 11) is 0. The van der Waals surface area contributed by atoms with E-state index >= 15 is 0 Å². The lowest BCUT2D eigenvalue weighted by Gasteiger charge is -2.28. The average Bonchev–Trinajstić information content (AvgIpc) is 2.29. The fourth-order valence-corrected chi connectivity index (χ4v) is 2.21. The van der Waals surface area contributed by atoms with Gasteiger partial charge in [0.1, 0.15) is 5.82 Å². The molecule has 1 heterocycles. The number of nitrogens with zero attached hydrogens (tertiary/aromatic N) is 1. The maximum absolute atomic E-state index is 13.1. The van der Waals surface area contributed by atoms with Gasteiger partial charge < -0.3 is 4.90 Å². The molecule has 0 unspecified atom stereocenters. The first-order chi connectivity index (χ1) is 7.72. The Kier molecular flexibility index (Phi) is 3.59. The van der Waals surface area contributed by atoms with E-state index in [2.05, 4.69) is 15.9 Å². The highest BCUT2D eigenvalue weighted by Crippen LogP contribution is 2.20. The highest BCUT2D eigenvalue weighted by molar-refractivity contribution is 9.09. The van der Waals surface area contributed by atoms with Crippen LogP contribution < -0.4 is 0 Å². The van der Waals surface area contributed by atoms with Gasteiger partial charge >= 0.3 is 0 Å². The fourth-order valence-electron chi connectivity index (χ4n) is 1.96. The molecule has 1 aliphatic heterocycles. The molecular weight excluding hydrogens is 273 g/mol. The van der Waals surface area contributed by atoms with Crippen molar-refractivity contribution in [2.45, 2.75) is 12.8 Å². The topological polar surface area (TPSA) is 20.3 Å². The SMILES string of the molecule is O=C1c2cc(F)ccc2CCN1CCCBr. The summed E-state index contributed by atoms with van der Waals surface area (Å²) in [5.41, 5.74) is 1.49. The quantitative estimate of drug-likeness (QED) is 0.782. The summed E-state index contributed by atoms with van der Waals surface area (Å²) in [6, 6.07) is 4.47. The Morgan fingerprint density at radius 1 is 1.44 bits per heavy atom. The van der Waals surface area contributed by atoms with Gasteiger partial charge in [-0.1, -0.05) is 22.0 Å². The molecule has 1 aromatic rings. The lowest BCUT2D eigenvalue weighted by molar-refractivity contribution is 0.0740. The van der Waals surface area contributed by atoms with Crippen LogP contribution in [0, 0.1) is 5.82 Å². The third kappa shape index (κ3) is 2.26. The Bertz CT molecular complexity index is 408. The molecule has 0 saturated carbocycles. The zero-order valence-corrected chi connectivity index (χ0v) is 10.5. The second-order valence-corrected chi connectivity index (χ2v) is 4.68. The van der Waals surface area contributed by atoms with Gasteiger partial charge in [0.25, 0.3) is 5.91 Å². The second-order valence-electron chi connectivity index (χ2n) is 3.89. The van der Waals surface area contributed by atoms with Gasteiger partial charge in [-0.2, -0.15) is 0 Å². The molecule has 0 aliphatic carbocycles. The molecule has 86 valence electrons. The molecule has 2 rings (SSSR count). The van der Waals surface area contributed by atoms with Crippen LogP contribution in [0.2, 0.25) is 0 Å². The maximum Gasteiger partial charge on any atom is 0.254 e. The predicted octanol–water partition coefficient (Wildman–Crippen LogP) is 2.61. The first-order valence-corrected chi connectivity index (χ1v) is 6.48. The van der Waals surface area contributed by atoms with Crippen molar-refractivity contribution in [1.29, 1.82) is 0 Å². The van der Waals surface area contributed by atoms with Crippen LogP contribution in [0.4, 0.5) is 4.39 Å². The van der Waals surface area contributed by atoms with Crippen molar-refractivity contribution in [2.24, 2.45) is 0 Å². The molecule has 0 radical (unpaired) electrons. The van der Waals surface area contributed by atoms with Crippen molar-refractivity contribution in [3.8, 4) is 0 Å². The van der Waals surface area contributed by atoms with Crippen molar-refractivity contribution >= 4 is 21.8 Å². The summed E-state index contributed by atoms with van der Waals surface area (Å²) >= 11 is 3.34. The van der Waals surface area contributed by atoms with Crippen LogP contribution in [0.25, 0.3) is 0 Å². The second kappa shape index (κ2) is 4.95. The Hall–Kier alpha value is -0.900. The van der Waals surface area contributed by atoms with Crippen LogP contribution in [-0.2, 0) is 6.42 Å². The smallest absolute Gasteiger partial charge is 0.254 e. The summed E-state index contributed by atoms with van der Waals surface area (Å²) in [5, 5.41) is 0.882. The summed E-state index contributed by atoms with van der Waals surface area (Å²) in [5.74, 6) is -0.379. The van der Waals surface area contributed by atoms with Crippen LogP contribution in [0.5, 0.6) is 0 Å². The lowest BCUT2D eigenvalue weighted by atomic mass is 9.99. The van der Waals surface area contributed by atoms with E-state index in [0.29, 0.717) is 5.56 Å². The lowest BCUT2D eigenvalue weighted by Crippen LogP contribution is -2.38. The number of benzene rings is 1. The number of carbonyl (C=O) groups excluding carboxylic acids is 1. The first-order valence-electron chi connectivity index (χ1n) is 5.36. The van der Waals surface area contributed by atoms with Crippen LogP contribution >= 0.6 is 15.9 Å². The molecule has 1 aliphatic rings. The Morgan fingerprint density at radius 2 is 2.25 bits per heavy atom. The molecule has 0 atom stereocenters. The van der Waals surface area contributed by atoms with E-state index in [-0.39, 0.29) is 11.7 Å². The van der Waals surface area contributed by atoms with Crippen molar-refractivity contribution in [3.05, 3.63) is 35.1 Å². The van der Waals surface area contributed by atoms with Crippen molar-refractivity contribution in [3.63, 3.8) is 0 Å². The monoisotopic (exact) mass is 285 g/mol. The van der Waals surface area contributed by atoms with E-state index in [9.17, 15) is 9.18 Å². The minimum Gasteiger partial charge on any atom is -0.338 e. The van der Waals surface area contributed by atoms with Gasteiger partial charge in [0, 0.05) is 24.0 Å². The van der Waals surface area contributed by atoms with Gasteiger partial charge in [-0.3, -0.25) is 4.79 Å². The largest absolute Gasteiger partial charge is 0.338 e. The molecular formula is C12H13BrFNO. The molecule has 0 fully saturated rings. The average molecular weight is 286 g/mol. The molecule has 2 nitrogen and oxygen atoms in total. The van der Waals surface area contributed by atoms with Crippen LogP contribution in [0.15, 0.2) is 18.2 Å². The van der Waals surface area contributed by atoms with Gasteiger partial charge in [0.15, 0.2) is 0 Å². The number of amides is 1. The van der Waals surface area contributed by atoms with Crippen molar-refractivity contribution < 1.29 is 9.18 Å². The van der Waals surface area contributed by atoms with E-state index in [1.165, 1.54) is 12.1 Å². The number of hydrogen-bond donors (Lipinski definition) is 0. The number of hydrogen-bond acceptors (Lipinski definition) is 1. The molecule has 0 saturated heterocycles. The molecule has 1 amide bonds. The Labute approximate surface area is 103 Å². The molecule has 0 N–H and O–H groups in total. The van der Waals surface area contributed by atoms with E-state index in [1.807, 2.05) is 0 Å². The molecule has 0 bridgehead atoms. The van der Waals surface area contributed by atoms with E-state index in [4.69, 9.17) is 0 Å². The maximum atomic E-state index is 13.1. The zero-order valence-electron chi connectivity index (χ0n) is 8.88. The zero-order chi connectivity index (χ0) is 11.5. The van der Waals surface area contributed by atoms with Gasteiger partial charge in [-0.15, -0.1) is 0 Å². The van der Waals surface area contributed by atoms with Crippen molar-refractivity contribution in [1.82, 2.24) is 4.90 Å². The molecule has 1 aromatic carbocycles. The van der Waals surface area contributed by atoms with E-state index in [1.54, 1.807) is 11.0 Å². The standard InChI is InChI=1S/C12H13BrFNO/c13-5-1-6-15-7-4-9-2-3-10(14)8-11(9)12(15)16/h2-3,8H,1,4-7H2. The summed E-state index contributed by atoms with van der Waals surface area (Å²) in [6.07, 6.45) is 1.75. The van der Waals surface area contributed by atoms with E-state index in [0.717, 1.165) is 36.8 Å². The first kappa shape index (κ1) is 11.6. The molecule has 4 heteroatoms. The summed E-state index contributed by atoms with van der Waals surface area (Å²) < 4.78 is 13.1. The van der Waals surface area contributed by atoms with E-state index < -0.39 is 0 Å². The summed E-state index contributed by atoms with van der Waals surface area (Å²) in [4.78, 5) is 13.8. The predicted molar refractivity (Wildman–Crippen MR) is 64.4 cm³/mol. The van der Waals surface area contributed by atoms with Gasteiger partial charge in [0.05, 0.1) is 0 Å². The minimum absolute atomic E-state index is 0.0401. The third-order valence-electron chi connectivity index (χ3n) is 2.80. The normalized spacial score (nSPS) is 15.1. The fraction of sp³-hybridized carbons (Fsp3) is 0.417. The highest BCUT2D eigenvalue weighted by atomic mass is 79.9. The highest BCUT2D eigenvalue weighted by Gasteiger charge is 2.23. The van der Waals surface area contributed by atoms with Gasteiger partial charge in [0.2, 0.25) is 0 Å². The third-order valence-corrected chi connectivity index (χ3v) is 3.36. The number of halogens is 2. The van der Waals surface area contributed by atoms with Crippen LogP contribution in [0.3, 0.4) is 0 Å².